The smallest absolute Gasteiger partial charge is 0.327 e. The summed E-state index contributed by atoms with van der Waals surface area (Å²) in [5.74, 6) is -0.170. The Bertz CT molecular complexity index is 316. The first kappa shape index (κ1) is 14.8. The maximum absolute atomic E-state index is 11.9. The van der Waals surface area contributed by atoms with Gasteiger partial charge < -0.3 is 15.0 Å². The van der Waals surface area contributed by atoms with Crippen molar-refractivity contribution < 1.29 is 9.53 Å². The van der Waals surface area contributed by atoms with Gasteiger partial charge in [0.05, 0.1) is 7.11 Å². The van der Waals surface area contributed by atoms with Gasteiger partial charge in [-0.3, -0.25) is 4.79 Å². The molecule has 2 rings (SSSR count). The molecule has 0 bridgehead atoms. The van der Waals surface area contributed by atoms with Crippen LogP contribution in [0.1, 0.15) is 45.4 Å². The van der Waals surface area contributed by atoms with Gasteiger partial charge in [-0.05, 0) is 58.2 Å². The van der Waals surface area contributed by atoms with Crippen LogP contribution >= 0.6 is 0 Å². The van der Waals surface area contributed by atoms with Gasteiger partial charge in [-0.25, -0.2) is 0 Å². The van der Waals surface area contributed by atoms with Crippen LogP contribution in [0.3, 0.4) is 0 Å². The van der Waals surface area contributed by atoms with Crippen molar-refractivity contribution in [3.05, 3.63) is 0 Å². The molecule has 4 nitrogen and oxygen atoms in total. The fourth-order valence-corrected chi connectivity index (χ4v) is 3.73. The van der Waals surface area contributed by atoms with Crippen molar-refractivity contribution in [2.24, 2.45) is 5.41 Å². The van der Waals surface area contributed by atoms with Crippen LogP contribution in [0.2, 0.25) is 0 Å². The molecule has 1 saturated carbocycles. The summed E-state index contributed by atoms with van der Waals surface area (Å²) in [4.78, 5) is 14.3. The molecule has 1 N–H and O–H groups in total. The van der Waals surface area contributed by atoms with Gasteiger partial charge in [-0.2, -0.15) is 0 Å². The van der Waals surface area contributed by atoms with Crippen molar-refractivity contribution in [3.63, 3.8) is 0 Å². The van der Waals surface area contributed by atoms with E-state index in [-0.39, 0.29) is 5.97 Å². The number of likely N-dealkylation sites (tertiary alicyclic amines) is 1. The Hall–Kier alpha value is -0.610. The van der Waals surface area contributed by atoms with Crippen molar-refractivity contribution in [2.45, 2.75) is 51.0 Å². The van der Waals surface area contributed by atoms with Gasteiger partial charge in [0.15, 0.2) is 0 Å². The molecule has 0 radical (unpaired) electrons. The lowest BCUT2D eigenvalue weighted by atomic mass is 9.77. The SMILES string of the molecule is CNC(C)(CN1CCC2(CCCC2)CC1)C(=O)OC. The molecule has 0 aromatic carbocycles. The highest BCUT2D eigenvalue weighted by Crippen LogP contribution is 2.46. The van der Waals surface area contributed by atoms with E-state index in [1.807, 2.05) is 14.0 Å². The number of piperidine rings is 1. The van der Waals surface area contributed by atoms with Crippen LogP contribution in [0.15, 0.2) is 0 Å². The number of likely N-dealkylation sites (N-methyl/N-ethyl adjacent to an activating group) is 1. The number of hydrogen-bond donors (Lipinski definition) is 1. The maximum Gasteiger partial charge on any atom is 0.327 e. The molecule has 1 heterocycles. The molecule has 1 spiro atoms. The Morgan fingerprint density at radius 1 is 1.26 bits per heavy atom. The molecule has 0 aromatic heterocycles. The van der Waals surface area contributed by atoms with Crippen LogP contribution in [0.4, 0.5) is 0 Å². The monoisotopic (exact) mass is 268 g/mol. The summed E-state index contributed by atoms with van der Waals surface area (Å²) >= 11 is 0. The molecule has 1 aliphatic heterocycles. The fourth-order valence-electron chi connectivity index (χ4n) is 3.73. The van der Waals surface area contributed by atoms with Crippen LogP contribution < -0.4 is 5.32 Å². The number of nitrogens with one attached hydrogen (secondary N) is 1. The van der Waals surface area contributed by atoms with E-state index in [0.29, 0.717) is 5.41 Å². The highest BCUT2D eigenvalue weighted by Gasteiger charge is 2.40. The largest absolute Gasteiger partial charge is 0.468 e. The minimum atomic E-state index is -0.588. The third-order valence-electron chi connectivity index (χ3n) is 5.31. The van der Waals surface area contributed by atoms with Crippen LogP contribution in [-0.4, -0.2) is 50.2 Å². The van der Waals surface area contributed by atoms with Gasteiger partial charge in [0.1, 0.15) is 5.54 Å². The van der Waals surface area contributed by atoms with Crippen molar-refractivity contribution in [1.82, 2.24) is 10.2 Å². The molecule has 1 aliphatic carbocycles. The van der Waals surface area contributed by atoms with Gasteiger partial charge >= 0.3 is 5.97 Å². The third-order valence-corrected chi connectivity index (χ3v) is 5.31. The standard InChI is InChI=1S/C15H28N2O2/c1-14(16-2,13(18)19-3)12-17-10-8-15(9-11-17)6-4-5-7-15/h16H,4-12H2,1-3H3. The van der Waals surface area contributed by atoms with Crippen molar-refractivity contribution >= 4 is 5.97 Å². The summed E-state index contributed by atoms with van der Waals surface area (Å²) in [7, 11) is 3.29. The van der Waals surface area contributed by atoms with E-state index in [0.717, 1.165) is 19.6 Å². The Morgan fingerprint density at radius 2 is 1.84 bits per heavy atom. The molecule has 2 fully saturated rings. The molecule has 4 heteroatoms. The summed E-state index contributed by atoms with van der Waals surface area (Å²) in [6, 6.07) is 0. The predicted octanol–water partition coefficient (Wildman–Crippen LogP) is 1.79. The first-order valence-electron chi connectivity index (χ1n) is 7.53. The highest BCUT2D eigenvalue weighted by molar-refractivity contribution is 5.80. The number of methoxy groups -OCH3 is 1. The quantitative estimate of drug-likeness (QED) is 0.789. The number of carbonyl (C=O) groups excluding carboxylic acids is 1. The van der Waals surface area contributed by atoms with Crippen molar-refractivity contribution in [2.75, 3.05) is 33.8 Å². The summed E-state index contributed by atoms with van der Waals surface area (Å²) in [5.41, 5.74) is 0.0484. The average Bonchev–Trinajstić information content (AvgIpc) is 2.89. The number of hydrogen-bond acceptors (Lipinski definition) is 4. The molecule has 0 aromatic rings. The number of ether oxygens (including phenoxy) is 1. The van der Waals surface area contributed by atoms with Crippen LogP contribution in [0.5, 0.6) is 0 Å². The van der Waals surface area contributed by atoms with E-state index in [2.05, 4.69) is 10.2 Å². The lowest BCUT2D eigenvalue weighted by Gasteiger charge is -2.42. The molecule has 1 saturated heterocycles. The molecular formula is C15H28N2O2. The number of rotatable bonds is 4. The Kier molecular flexibility index (Phi) is 4.51. The van der Waals surface area contributed by atoms with E-state index in [1.165, 1.54) is 45.6 Å². The second-order valence-electron chi connectivity index (χ2n) is 6.56. The Balaban J connectivity index is 1.89. The van der Waals surface area contributed by atoms with Crippen LogP contribution in [-0.2, 0) is 9.53 Å². The van der Waals surface area contributed by atoms with Gasteiger partial charge in [0.2, 0.25) is 0 Å². The summed E-state index contributed by atoms with van der Waals surface area (Å²) < 4.78 is 4.91. The molecule has 0 amide bonds. The van der Waals surface area contributed by atoms with Gasteiger partial charge in [0, 0.05) is 6.54 Å². The Morgan fingerprint density at radius 3 is 2.32 bits per heavy atom. The van der Waals surface area contributed by atoms with E-state index in [4.69, 9.17) is 4.74 Å². The van der Waals surface area contributed by atoms with Crippen LogP contribution in [0, 0.1) is 5.41 Å². The molecule has 2 aliphatic rings. The average molecular weight is 268 g/mol. The molecule has 19 heavy (non-hydrogen) atoms. The molecule has 1 atom stereocenters. The zero-order valence-corrected chi connectivity index (χ0v) is 12.6. The maximum atomic E-state index is 11.9. The van der Waals surface area contributed by atoms with Gasteiger partial charge in [-0.1, -0.05) is 12.8 Å². The minimum absolute atomic E-state index is 0.170. The van der Waals surface area contributed by atoms with Gasteiger partial charge in [0.25, 0.3) is 0 Å². The van der Waals surface area contributed by atoms with Crippen molar-refractivity contribution in [3.8, 4) is 0 Å². The third kappa shape index (κ3) is 3.11. The zero-order chi connectivity index (χ0) is 13.9. The van der Waals surface area contributed by atoms with Crippen LogP contribution in [0.25, 0.3) is 0 Å². The number of esters is 1. The number of nitrogens with zero attached hydrogens (tertiary/aromatic N) is 1. The second-order valence-corrected chi connectivity index (χ2v) is 6.56. The number of carbonyl (C=O) groups is 1. The van der Waals surface area contributed by atoms with Crippen molar-refractivity contribution in [1.29, 1.82) is 0 Å². The van der Waals surface area contributed by atoms with E-state index in [9.17, 15) is 4.79 Å². The van der Waals surface area contributed by atoms with E-state index >= 15 is 0 Å². The van der Waals surface area contributed by atoms with E-state index < -0.39 is 5.54 Å². The summed E-state index contributed by atoms with van der Waals surface area (Å²) in [5, 5.41) is 3.12. The molecule has 1 unspecified atom stereocenters. The zero-order valence-electron chi connectivity index (χ0n) is 12.6. The Labute approximate surface area is 116 Å². The summed E-state index contributed by atoms with van der Waals surface area (Å²) in [6.45, 7) is 4.91. The summed E-state index contributed by atoms with van der Waals surface area (Å²) in [6.07, 6.45) is 8.26. The second kappa shape index (κ2) is 5.80. The lowest BCUT2D eigenvalue weighted by molar-refractivity contribution is -0.148. The predicted molar refractivity (Wildman–Crippen MR) is 76.1 cm³/mol. The highest BCUT2D eigenvalue weighted by atomic mass is 16.5. The van der Waals surface area contributed by atoms with Gasteiger partial charge in [-0.15, -0.1) is 0 Å². The lowest BCUT2D eigenvalue weighted by Crippen LogP contribution is -2.57. The topological polar surface area (TPSA) is 41.6 Å². The fraction of sp³-hybridized carbons (Fsp3) is 0.933. The first-order valence-corrected chi connectivity index (χ1v) is 7.53. The first-order chi connectivity index (χ1) is 9.03. The normalized spacial score (nSPS) is 26.3. The van der Waals surface area contributed by atoms with E-state index in [1.54, 1.807) is 0 Å². The minimum Gasteiger partial charge on any atom is -0.468 e. The molecule has 110 valence electrons. The molecular weight excluding hydrogens is 240 g/mol.